The lowest BCUT2D eigenvalue weighted by molar-refractivity contribution is -0.0129. The van der Waals surface area contributed by atoms with E-state index in [9.17, 15) is 5.11 Å². The molecule has 1 aromatic rings. The summed E-state index contributed by atoms with van der Waals surface area (Å²) in [7, 11) is 3.23. The molecule has 0 aliphatic heterocycles. The van der Waals surface area contributed by atoms with Gasteiger partial charge in [0, 0.05) is 11.5 Å². The summed E-state index contributed by atoms with van der Waals surface area (Å²) in [5, 5.41) is 10.7. The van der Waals surface area contributed by atoms with Crippen molar-refractivity contribution in [1.29, 1.82) is 0 Å². The Morgan fingerprint density at radius 1 is 1.12 bits per heavy atom. The van der Waals surface area contributed by atoms with Crippen LogP contribution in [0.5, 0.6) is 11.5 Å². The van der Waals surface area contributed by atoms with Crippen molar-refractivity contribution < 1.29 is 14.6 Å². The molecule has 94 valence electrons. The lowest BCUT2D eigenvalue weighted by Gasteiger charge is -2.31. The fourth-order valence-electron chi connectivity index (χ4n) is 2.11. The second-order valence-corrected chi connectivity index (χ2v) is 5.23. The van der Waals surface area contributed by atoms with Crippen LogP contribution in [0.15, 0.2) is 18.2 Å². The largest absolute Gasteiger partial charge is 0.497 e. The van der Waals surface area contributed by atoms with Crippen molar-refractivity contribution in [2.75, 3.05) is 14.2 Å². The minimum absolute atomic E-state index is 0.0234. The van der Waals surface area contributed by atoms with Crippen LogP contribution in [-0.2, 0) is 5.60 Å². The Bertz CT molecular complexity index is 397. The van der Waals surface area contributed by atoms with Gasteiger partial charge in [-0.1, -0.05) is 6.92 Å². The number of hydrogen-bond acceptors (Lipinski definition) is 3. The van der Waals surface area contributed by atoms with E-state index < -0.39 is 5.60 Å². The van der Waals surface area contributed by atoms with Crippen LogP contribution in [0.4, 0.5) is 0 Å². The molecular weight excluding hydrogens is 216 g/mol. The van der Waals surface area contributed by atoms with Gasteiger partial charge in [-0.05, 0) is 37.5 Å². The second kappa shape index (κ2) is 3.91. The molecule has 0 spiro atoms. The predicted octanol–water partition coefficient (Wildman–Crippen LogP) is 2.71. The molecule has 1 aromatic carbocycles. The maximum atomic E-state index is 10.7. The van der Waals surface area contributed by atoms with Crippen LogP contribution in [0, 0.1) is 5.41 Å². The lowest BCUT2D eigenvalue weighted by atomic mass is 9.81. The van der Waals surface area contributed by atoms with E-state index in [0.29, 0.717) is 11.5 Å². The monoisotopic (exact) mass is 236 g/mol. The fraction of sp³-hybridized carbons (Fsp3) is 0.571. The standard InChI is InChI=1S/C14H20O3/c1-13(5-6-13)14(2,15)10-7-11(16-3)9-12(8-10)17-4/h7-9,15H,5-6H2,1-4H3. The van der Waals surface area contributed by atoms with Crippen molar-refractivity contribution in [2.45, 2.75) is 32.3 Å². The van der Waals surface area contributed by atoms with Gasteiger partial charge in [-0.15, -0.1) is 0 Å². The van der Waals surface area contributed by atoms with Gasteiger partial charge in [-0.2, -0.15) is 0 Å². The molecule has 1 N–H and O–H groups in total. The summed E-state index contributed by atoms with van der Waals surface area (Å²) in [6, 6.07) is 5.58. The molecule has 2 rings (SSSR count). The van der Waals surface area contributed by atoms with E-state index in [2.05, 4.69) is 6.92 Å². The van der Waals surface area contributed by atoms with Crippen LogP contribution >= 0.6 is 0 Å². The highest BCUT2D eigenvalue weighted by Gasteiger charge is 2.53. The zero-order valence-corrected chi connectivity index (χ0v) is 10.9. The number of aliphatic hydroxyl groups is 1. The summed E-state index contributed by atoms with van der Waals surface area (Å²) in [6.07, 6.45) is 2.11. The van der Waals surface area contributed by atoms with Gasteiger partial charge in [0.15, 0.2) is 0 Å². The summed E-state index contributed by atoms with van der Waals surface area (Å²) in [5.74, 6) is 1.42. The van der Waals surface area contributed by atoms with Crippen LogP contribution in [0.1, 0.15) is 32.3 Å². The van der Waals surface area contributed by atoms with Crippen LogP contribution in [0.3, 0.4) is 0 Å². The molecule has 1 fully saturated rings. The molecular formula is C14H20O3. The van der Waals surface area contributed by atoms with E-state index >= 15 is 0 Å². The van der Waals surface area contributed by atoms with Gasteiger partial charge in [0.05, 0.1) is 19.8 Å². The van der Waals surface area contributed by atoms with Crippen molar-refractivity contribution >= 4 is 0 Å². The third-order valence-electron chi connectivity index (χ3n) is 4.09. The zero-order valence-electron chi connectivity index (χ0n) is 10.9. The first-order chi connectivity index (χ1) is 7.93. The predicted molar refractivity (Wildman–Crippen MR) is 66.5 cm³/mol. The first-order valence-corrected chi connectivity index (χ1v) is 5.89. The first kappa shape index (κ1) is 12.2. The van der Waals surface area contributed by atoms with Crippen molar-refractivity contribution in [3.05, 3.63) is 23.8 Å². The zero-order chi connectivity index (χ0) is 12.7. The summed E-state index contributed by atoms with van der Waals surface area (Å²) < 4.78 is 10.5. The minimum atomic E-state index is -0.838. The number of ether oxygens (including phenoxy) is 2. The lowest BCUT2D eigenvalue weighted by Crippen LogP contribution is -2.31. The highest BCUT2D eigenvalue weighted by atomic mass is 16.5. The molecule has 1 unspecified atom stereocenters. The summed E-state index contributed by atoms with van der Waals surface area (Å²) in [6.45, 7) is 3.98. The topological polar surface area (TPSA) is 38.7 Å². The van der Waals surface area contributed by atoms with Gasteiger partial charge in [-0.25, -0.2) is 0 Å². The van der Waals surface area contributed by atoms with E-state index in [1.54, 1.807) is 14.2 Å². The van der Waals surface area contributed by atoms with E-state index in [-0.39, 0.29) is 5.41 Å². The van der Waals surface area contributed by atoms with E-state index in [4.69, 9.17) is 9.47 Å². The summed E-state index contributed by atoms with van der Waals surface area (Å²) in [4.78, 5) is 0. The van der Waals surface area contributed by atoms with Gasteiger partial charge in [0.2, 0.25) is 0 Å². The molecule has 3 nitrogen and oxygen atoms in total. The molecule has 17 heavy (non-hydrogen) atoms. The average Bonchev–Trinajstić information content (AvgIpc) is 3.08. The molecule has 0 heterocycles. The number of hydrogen-bond donors (Lipinski definition) is 1. The maximum Gasteiger partial charge on any atom is 0.122 e. The number of methoxy groups -OCH3 is 2. The third-order valence-corrected chi connectivity index (χ3v) is 4.09. The second-order valence-electron chi connectivity index (χ2n) is 5.23. The normalized spacial score (nSPS) is 20.5. The summed E-state index contributed by atoms with van der Waals surface area (Å²) >= 11 is 0. The van der Waals surface area contributed by atoms with E-state index in [0.717, 1.165) is 18.4 Å². The number of benzene rings is 1. The Labute approximate surface area is 102 Å². The molecule has 1 aliphatic carbocycles. The molecule has 0 amide bonds. The molecule has 1 saturated carbocycles. The fourth-order valence-corrected chi connectivity index (χ4v) is 2.11. The highest BCUT2D eigenvalue weighted by Crippen LogP contribution is 2.58. The van der Waals surface area contributed by atoms with Gasteiger partial charge >= 0.3 is 0 Å². The Kier molecular flexibility index (Phi) is 2.82. The highest BCUT2D eigenvalue weighted by molar-refractivity contribution is 5.42. The smallest absolute Gasteiger partial charge is 0.122 e. The SMILES string of the molecule is COc1cc(OC)cc(C(C)(O)C2(C)CC2)c1. The molecule has 0 aromatic heterocycles. The van der Waals surface area contributed by atoms with Crippen molar-refractivity contribution in [1.82, 2.24) is 0 Å². The third kappa shape index (κ3) is 2.00. The Morgan fingerprint density at radius 3 is 1.94 bits per heavy atom. The Hall–Kier alpha value is -1.22. The average molecular weight is 236 g/mol. The van der Waals surface area contributed by atoms with Crippen LogP contribution in [-0.4, -0.2) is 19.3 Å². The quantitative estimate of drug-likeness (QED) is 0.873. The number of rotatable bonds is 4. The van der Waals surface area contributed by atoms with E-state index in [1.807, 2.05) is 25.1 Å². The van der Waals surface area contributed by atoms with Gasteiger partial charge in [-0.3, -0.25) is 0 Å². The molecule has 0 radical (unpaired) electrons. The van der Waals surface area contributed by atoms with Crippen LogP contribution < -0.4 is 9.47 Å². The van der Waals surface area contributed by atoms with Crippen LogP contribution in [0.2, 0.25) is 0 Å². The van der Waals surface area contributed by atoms with Crippen molar-refractivity contribution in [3.63, 3.8) is 0 Å². The van der Waals surface area contributed by atoms with Crippen LogP contribution in [0.25, 0.3) is 0 Å². The van der Waals surface area contributed by atoms with E-state index in [1.165, 1.54) is 0 Å². The molecule has 0 saturated heterocycles. The Balaban J connectivity index is 2.43. The molecule has 3 heteroatoms. The van der Waals surface area contributed by atoms with Crippen molar-refractivity contribution in [2.24, 2.45) is 5.41 Å². The molecule has 1 atom stereocenters. The molecule has 1 aliphatic rings. The maximum absolute atomic E-state index is 10.7. The van der Waals surface area contributed by atoms with Crippen molar-refractivity contribution in [3.8, 4) is 11.5 Å². The first-order valence-electron chi connectivity index (χ1n) is 5.89. The Morgan fingerprint density at radius 2 is 1.59 bits per heavy atom. The summed E-state index contributed by atoms with van der Waals surface area (Å²) in [5.41, 5.74) is -0.00663. The van der Waals surface area contributed by atoms with Gasteiger partial charge < -0.3 is 14.6 Å². The molecule has 0 bridgehead atoms. The minimum Gasteiger partial charge on any atom is -0.497 e. The van der Waals surface area contributed by atoms with Gasteiger partial charge in [0.1, 0.15) is 11.5 Å². The van der Waals surface area contributed by atoms with Gasteiger partial charge in [0.25, 0.3) is 0 Å².